The van der Waals surface area contributed by atoms with Crippen LogP contribution in [0.1, 0.15) is 39.9 Å². The zero-order valence-electron chi connectivity index (χ0n) is 11.7. The maximum Gasteiger partial charge on any atom is 0.237 e. The highest BCUT2D eigenvalue weighted by atomic mass is 16.3. The second-order valence-electron chi connectivity index (χ2n) is 5.07. The molecular weight excluding hydrogens is 228 g/mol. The SMILES string of the molecule is CC(C)NC(=O)C(C)NC(C)CCc1ccco1. The number of carbonyl (C=O) groups excluding carboxylic acids is 1. The number of hydrogen-bond donors (Lipinski definition) is 2. The van der Waals surface area contributed by atoms with Crippen LogP contribution in [-0.2, 0) is 11.2 Å². The Morgan fingerprint density at radius 2 is 2.06 bits per heavy atom. The minimum absolute atomic E-state index is 0.0508. The highest BCUT2D eigenvalue weighted by molar-refractivity contribution is 5.81. The van der Waals surface area contributed by atoms with Crippen molar-refractivity contribution in [3.63, 3.8) is 0 Å². The van der Waals surface area contributed by atoms with Crippen LogP contribution in [0.3, 0.4) is 0 Å². The molecule has 2 N–H and O–H groups in total. The monoisotopic (exact) mass is 252 g/mol. The largest absolute Gasteiger partial charge is 0.469 e. The molecule has 1 aromatic heterocycles. The summed E-state index contributed by atoms with van der Waals surface area (Å²) in [6.07, 6.45) is 3.53. The van der Waals surface area contributed by atoms with Crippen LogP contribution < -0.4 is 10.6 Å². The summed E-state index contributed by atoms with van der Waals surface area (Å²) >= 11 is 0. The van der Waals surface area contributed by atoms with Crippen molar-refractivity contribution in [3.8, 4) is 0 Å². The molecule has 0 radical (unpaired) electrons. The van der Waals surface area contributed by atoms with Crippen molar-refractivity contribution < 1.29 is 9.21 Å². The number of nitrogens with one attached hydrogen (secondary N) is 2. The topological polar surface area (TPSA) is 54.3 Å². The molecule has 0 bridgehead atoms. The molecule has 0 saturated heterocycles. The van der Waals surface area contributed by atoms with E-state index in [-0.39, 0.29) is 24.0 Å². The zero-order chi connectivity index (χ0) is 13.5. The van der Waals surface area contributed by atoms with Gasteiger partial charge in [-0.3, -0.25) is 4.79 Å². The number of furan rings is 1. The normalized spacial score (nSPS) is 14.5. The summed E-state index contributed by atoms with van der Waals surface area (Å²) in [6, 6.07) is 4.16. The lowest BCUT2D eigenvalue weighted by Gasteiger charge is -2.20. The van der Waals surface area contributed by atoms with E-state index in [1.54, 1.807) is 6.26 Å². The maximum absolute atomic E-state index is 11.7. The van der Waals surface area contributed by atoms with E-state index >= 15 is 0 Å². The van der Waals surface area contributed by atoms with Gasteiger partial charge in [-0.15, -0.1) is 0 Å². The van der Waals surface area contributed by atoms with Crippen molar-refractivity contribution in [1.82, 2.24) is 10.6 Å². The Kier molecular flexibility index (Phi) is 5.92. The molecular formula is C14H24N2O2. The van der Waals surface area contributed by atoms with Crippen LogP contribution in [0.5, 0.6) is 0 Å². The molecule has 4 heteroatoms. The van der Waals surface area contributed by atoms with E-state index in [9.17, 15) is 4.79 Å². The Bertz CT molecular complexity index is 347. The third-order valence-electron chi connectivity index (χ3n) is 2.76. The molecule has 0 aromatic carbocycles. The maximum atomic E-state index is 11.7. The van der Waals surface area contributed by atoms with Crippen molar-refractivity contribution in [2.75, 3.05) is 0 Å². The molecule has 1 aromatic rings. The second kappa shape index (κ2) is 7.21. The highest BCUT2D eigenvalue weighted by Gasteiger charge is 2.15. The molecule has 0 spiro atoms. The molecule has 1 heterocycles. The van der Waals surface area contributed by atoms with Crippen LogP contribution in [-0.4, -0.2) is 24.0 Å². The van der Waals surface area contributed by atoms with E-state index in [1.807, 2.05) is 32.9 Å². The van der Waals surface area contributed by atoms with Gasteiger partial charge in [0.05, 0.1) is 12.3 Å². The molecule has 4 nitrogen and oxygen atoms in total. The summed E-state index contributed by atoms with van der Waals surface area (Å²) in [4.78, 5) is 11.7. The third-order valence-corrected chi connectivity index (χ3v) is 2.76. The molecule has 0 aliphatic heterocycles. The fourth-order valence-electron chi connectivity index (χ4n) is 1.81. The average Bonchev–Trinajstić information content (AvgIpc) is 2.78. The summed E-state index contributed by atoms with van der Waals surface area (Å²) in [5, 5.41) is 6.19. The first-order chi connectivity index (χ1) is 8.49. The van der Waals surface area contributed by atoms with Gasteiger partial charge in [0.15, 0.2) is 0 Å². The van der Waals surface area contributed by atoms with Crippen molar-refractivity contribution >= 4 is 5.91 Å². The zero-order valence-corrected chi connectivity index (χ0v) is 11.7. The van der Waals surface area contributed by atoms with Crippen LogP contribution in [0.25, 0.3) is 0 Å². The minimum atomic E-state index is -0.168. The molecule has 1 rings (SSSR count). The van der Waals surface area contributed by atoms with Gasteiger partial charge < -0.3 is 15.1 Å². The van der Waals surface area contributed by atoms with Gasteiger partial charge in [-0.2, -0.15) is 0 Å². The van der Waals surface area contributed by atoms with Gasteiger partial charge in [0.2, 0.25) is 5.91 Å². The molecule has 0 saturated carbocycles. The fourth-order valence-corrected chi connectivity index (χ4v) is 1.81. The Morgan fingerprint density at radius 3 is 2.61 bits per heavy atom. The van der Waals surface area contributed by atoms with Gasteiger partial charge in [-0.1, -0.05) is 0 Å². The predicted octanol–water partition coefficient (Wildman–Crippen LogP) is 2.10. The van der Waals surface area contributed by atoms with Crippen molar-refractivity contribution in [1.29, 1.82) is 0 Å². The van der Waals surface area contributed by atoms with E-state index in [4.69, 9.17) is 4.42 Å². The van der Waals surface area contributed by atoms with Gasteiger partial charge >= 0.3 is 0 Å². The molecule has 0 aliphatic rings. The Morgan fingerprint density at radius 1 is 1.33 bits per heavy atom. The minimum Gasteiger partial charge on any atom is -0.469 e. The number of amides is 1. The molecule has 1 amide bonds. The molecule has 0 fully saturated rings. The summed E-state index contributed by atoms with van der Waals surface area (Å²) < 4.78 is 5.28. The smallest absolute Gasteiger partial charge is 0.237 e. The molecule has 18 heavy (non-hydrogen) atoms. The van der Waals surface area contributed by atoms with Crippen molar-refractivity contribution in [2.45, 2.75) is 58.7 Å². The Balaban J connectivity index is 2.26. The van der Waals surface area contributed by atoms with Gasteiger partial charge in [0.1, 0.15) is 5.76 Å². The van der Waals surface area contributed by atoms with Crippen LogP contribution >= 0.6 is 0 Å². The Labute approximate surface area is 109 Å². The number of hydrogen-bond acceptors (Lipinski definition) is 3. The van der Waals surface area contributed by atoms with Gasteiger partial charge in [0.25, 0.3) is 0 Å². The summed E-state index contributed by atoms with van der Waals surface area (Å²) in [5.41, 5.74) is 0. The number of rotatable bonds is 7. The Hall–Kier alpha value is -1.29. The first-order valence-electron chi connectivity index (χ1n) is 6.58. The predicted molar refractivity (Wildman–Crippen MR) is 72.4 cm³/mol. The van der Waals surface area contributed by atoms with Crippen LogP contribution in [0, 0.1) is 0 Å². The lowest BCUT2D eigenvalue weighted by Crippen LogP contribution is -2.47. The summed E-state index contributed by atoms with van der Waals surface area (Å²) in [7, 11) is 0. The highest BCUT2D eigenvalue weighted by Crippen LogP contribution is 2.06. The van der Waals surface area contributed by atoms with Crippen molar-refractivity contribution in [3.05, 3.63) is 24.2 Å². The number of aryl methyl sites for hydroxylation is 1. The standard InChI is InChI=1S/C14H24N2O2/c1-10(2)15-14(17)12(4)16-11(3)7-8-13-6-5-9-18-13/h5-6,9-12,16H,7-8H2,1-4H3,(H,15,17). The lowest BCUT2D eigenvalue weighted by atomic mass is 10.1. The van der Waals surface area contributed by atoms with E-state index in [0.717, 1.165) is 18.6 Å². The van der Waals surface area contributed by atoms with Crippen molar-refractivity contribution in [2.24, 2.45) is 0 Å². The third kappa shape index (κ3) is 5.36. The van der Waals surface area contributed by atoms with Gasteiger partial charge in [-0.05, 0) is 46.2 Å². The van der Waals surface area contributed by atoms with Crippen LogP contribution in [0.2, 0.25) is 0 Å². The van der Waals surface area contributed by atoms with Gasteiger partial charge in [-0.25, -0.2) is 0 Å². The average molecular weight is 252 g/mol. The van der Waals surface area contributed by atoms with E-state index in [0.29, 0.717) is 0 Å². The van der Waals surface area contributed by atoms with E-state index < -0.39 is 0 Å². The number of carbonyl (C=O) groups is 1. The fraction of sp³-hybridized carbons (Fsp3) is 0.643. The quantitative estimate of drug-likeness (QED) is 0.781. The van der Waals surface area contributed by atoms with Crippen LogP contribution in [0.4, 0.5) is 0 Å². The van der Waals surface area contributed by atoms with E-state index in [1.165, 1.54) is 0 Å². The van der Waals surface area contributed by atoms with Gasteiger partial charge in [0, 0.05) is 18.5 Å². The first kappa shape index (κ1) is 14.8. The molecule has 102 valence electrons. The molecule has 0 aliphatic carbocycles. The molecule has 2 atom stereocenters. The van der Waals surface area contributed by atoms with Crippen LogP contribution in [0.15, 0.2) is 22.8 Å². The summed E-state index contributed by atoms with van der Waals surface area (Å²) in [6.45, 7) is 7.90. The van der Waals surface area contributed by atoms with E-state index in [2.05, 4.69) is 17.6 Å². The molecule has 2 unspecified atom stereocenters. The first-order valence-corrected chi connectivity index (χ1v) is 6.58. The summed E-state index contributed by atoms with van der Waals surface area (Å²) in [5.74, 6) is 1.04. The second-order valence-corrected chi connectivity index (χ2v) is 5.07. The lowest BCUT2D eigenvalue weighted by molar-refractivity contribution is -0.123.